The number of allylic oxidation sites excluding steroid dienone is 1. The van der Waals surface area contributed by atoms with E-state index in [9.17, 15) is 9.59 Å². The number of amides is 1. The highest BCUT2D eigenvalue weighted by atomic mass is 32.2. The highest BCUT2D eigenvalue weighted by Crippen LogP contribution is 2.45. The molecule has 2 aliphatic heterocycles. The van der Waals surface area contributed by atoms with Crippen LogP contribution in [0.25, 0.3) is 12.2 Å². The van der Waals surface area contributed by atoms with Crippen LogP contribution >= 0.6 is 11.8 Å². The van der Waals surface area contributed by atoms with Crippen LogP contribution in [0.3, 0.4) is 0 Å². The van der Waals surface area contributed by atoms with E-state index < -0.39 is 12.1 Å². The van der Waals surface area contributed by atoms with E-state index in [1.165, 1.54) is 0 Å². The Balaban J connectivity index is 1.37. The minimum atomic E-state index is -0.628. The summed E-state index contributed by atoms with van der Waals surface area (Å²) in [6.45, 7) is 0. The van der Waals surface area contributed by atoms with Gasteiger partial charge in [0.05, 0.1) is 17.0 Å². The number of ether oxygens (including phenoxy) is 1. The molecule has 2 aromatic heterocycles. The van der Waals surface area contributed by atoms with Crippen LogP contribution in [0.5, 0.6) is 0 Å². The molecule has 0 radical (unpaired) electrons. The molecule has 4 aromatic rings. The van der Waals surface area contributed by atoms with Crippen LogP contribution in [-0.4, -0.2) is 37.9 Å². The second-order valence-corrected chi connectivity index (χ2v) is 10.3. The summed E-state index contributed by atoms with van der Waals surface area (Å²) in [5.74, 6) is -0.244. The summed E-state index contributed by atoms with van der Waals surface area (Å²) >= 11 is 1.59. The topological polar surface area (TPSA) is 72.4 Å². The van der Waals surface area contributed by atoms with Crippen molar-refractivity contribution in [1.29, 1.82) is 0 Å². The maximum absolute atomic E-state index is 14.0. The fourth-order valence-electron chi connectivity index (χ4n) is 4.72. The van der Waals surface area contributed by atoms with Gasteiger partial charge in [-0.3, -0.25) is 19.7 Å². The Morgan fingerprint density at radius 3 is 2.02 bits per heavy atom. The number of hydrogen-bond acceptors (Lipinski definition) is 6. The summed E-state index contributed by atoms with van der Waals surface area (Å²) in [5, 5.41) is -0.295. The van der Waals surface area contributed by atoms with Gasteiger partial charge in [-0.1, -0.05) is 78.9 Å². The lowest BCUT2D eigenvalue weighted by Crippen LogP contribution is -2.56. The van der Waals surface area contributed by atoms with E-state index >= 15 is 0 Å². The number of β-lactam (4-membered cyclic amide) rings is 1. The van der Waals surface area contributed by atoms with E-state index in [0.29, 0.717) is 22.6 Å². The van der Waals surface area contributed by atoms with Crippen LogP contribution in [0, 0.1) is 0 Å². The molecule has 7 heteroatoms. The Bertz CT molecular complexity index is 1560. The van der Waals surface area contributed by atoms with E-state index in [2.05, 4.69) is 9.97 Å². The Hall–Kier alpha value is -4.75. The number of nitrogens with zero attached hydrogens (tertiary/aromatic N) is 3. The van der Waals surface area contributed by atoms with Gasteiger partial charge in [-0.05, 0) is 53.1 Å². The SMILES string of the molecule is O=C(OC(c1ccccc1)c1ccccc1)C1=C(/C=C/c2ccccn2)CS[C@@H]2/C(=C\c3ccccn3)C(=O)N12. The number of carbonyl (C=O) groups is 2. The molecule has 6 rings (SSSR count). The molecule has 0 aliphatic carbocycles. The van der Waals surface area contributed by atoms with Crippen molar-refractivity contribution in [3.8, 4) is 0 Å². The first-order valence-electron chi connectivity index (χ1n) is 12.9. The van der Waals surface area contributed by atoms with E-state index in [-0.39, 0.29) is 17.0 Å². The monoisotopic (exact) mass is 543 g/mol. The molecular weight excluding hydrogens is 518 g/mol. The number of thioether (sulfide) groups is 1. The third kappa shape index (κ3) is 5.24. The molecule has 2 aromatic carbocycles. The van der Waals surface area contributed by atoms with Crippen molar-refractivity contribution in [2.45, 2.75) is 11.5 Å². The summed E-state index contributed by atoms with van der Waals surface area (Å²) in [5.41, 5.74) is 4.74. The minimum absolute atomic E-state index is 0.227. The van der Waals surface area contributed by atoms with Crippen LogP contribution in [0.1, 0.15) is 28.6 Å². The summed E-state index contributed by atoms with van der Waals surface area (Å²) in [6.07, 6.45) is 8.28. The van der Waals surface area contributed by atoms with Gasteiger partial charge in [0.25, 0.3) is 5.91 Å². The third-order valence-electron chi connectivity index (χ3n) is 6.67. The molecule has 1 atom stereocenters. The highest BCUT2D eigenvalue weighted by Gasteiger charge is 2.50. The Morgan fingerprint density at radius 1 is 0.825 bits per heavy atom. The van der Waals surface area contributed by atoms with Gasteiger partial charge in [-0.15, -0.1) is 11.8 Å². The average molecular weight is 544 g/mol. The van der Waals surface area contributed by atoms with Gasteiger partial charge in [0.15, 0.2) is 6.10 Å². The Kier molecular flexibility index (Phi) is 7.37. The lowest BCUT2D eigenvalue weighted by atomic mass is 9.99. The minimum Gasteiger partial charge on any atom is -0.448 e. The lowest BCUT2D eigenvalue weighted by molar-refractivity contribution is -0.149. The highest BCUT2D eigenvalue weighted by molar-refractivity contribution is 8.00. The maximum atomic E-state index is 14.0. The van der Waals surface area contributed by atoms with Gasteiger partial charge in [-0.25, -0.2) is 4.79 Å². The molecule has 0 saturated carbocycles. The van der Waals surface area contributed by atoms with Gasteiger partial charge in [0, 0.05) is 18.1 Å². The van der Waals surface area contributed by atoms with Crippen molar-refractivity contribution in [2.75, 3.05) is 5.75 Å². The molecule has 196 valence electrons. The predicted octanol–water partition coefficient (Wildman–Crippen LogP) is 6.08. The fraction of sp³-hybridized carbons (Fsp3) is 0.0909. The van der Waals surface area contributed by atoms with E-state index in [1.54, 1.807) is 35.1 Å². The van der Waals surface area contributed by atoms with Gasteiger partial charge < -0.3 is 4.74 Å². The van der Waals surface area contributed by atoms with Crippen molar-refractivity contribution in [3.63, 3.8) is 0 Å². The van der Waals surface area contributed by atoms with Gasteiger partial charge in [-0.2, -0.15) is 0 Å². The standard InChI is InChI=1S/C33H25N3O3S/c37-31-28(21-27-16-8-10-20-35-27)32-36(31)29(25(22-40-32)17-18-26-15-7-9-19-34-26)33(38)39-30(23-11-3-1-4-12-23)24-13-5-2-6-14-24/h1-21,30,32H,22H2/b18-17+,28-21-/t32-/m1/s1. The molecule has 0 spiro atoms. The van der Waals surface area contributed by atoms with Crippen LogP contribution in [-0.2, 0) is 14.3 Å². The number of hydrogen-bond donors (Lipinski definition) is 0. The van der Waals surface area contributed by atoms with Crippen molar-refractivity contribution in [2.24, 2.45) is 0 Å². The van der Waals surface area contributed by atoms with Crippen LogP contribution in [0.15, 0.2) is 132 Å². The quantitative estimate of drug-likeness (QED) is 0.160. The first-order valence-corrected chi connectivity index (χ1v) is 13.9. The van der Waals surface area contributed by atoms with E-state index in [4.69, 9.17) is 4.74 Å². The third-order valence-corrected chi connectivity index (χ3v) is 7.92. The second kappa shape index (κ2) is 11.6. The number of esters is 1. The van der Waals surface area contributed by atoms with Crippen molar-refractivity contribution in [1.82, 2.24) is 14.9 Å². The maximum Gasteiger partial charge on any atom is 0.356 e. The number of fused-ring (bicyclic) bond motifs is 1. The molecule has 2 aliphatic rings. The number of benzene rings is 2. The zero-order valence-corrected chi connectivity index (χ0v) is 22.3. The van der Waals surface area contributed by atoms with Crippen LogP contribution < -0.4 is 0 Å². The van der Waals surface area contributed by atoms with Crippen molar-refractivity contribution >= 4 is 35.8 Å². The second-order valence-electron chi connectivity index (χ2n) is 9.26. The summed E-state index contributed by atoms with van der Waals surface area (Å²) in [4.78, 5) is 37.8. The normalized spacial score (nSPS) is 17.7. The van der Waals surface area contributed by atoms with Crippen molar-refractivity contribution < 1.29 is 14.3 Å². The fourth-order valence-corrected chi connectivity index (χ4v) is 5.99. The largest absolute Gasteiger partial charge is 0.448 e. The number of carbonyl (C=O) groups excluding carboxylic acids is 2. The predicted molar refractivity (Wildman–Crippen MR) is 156 cm³/mol. The van der Waals surface area contributed by atoms with Gasteiger partial charge >= 0.3 is 5.97 Å². The average Bonchev–Trinajstić information content (AvgIpc) is 3.02. The molecule has 1 fully saturated rings. The molecule has 0 N–H and O–H groups in total. The van der Waals surface area contributed by atoms with Crippen LogP contribution in [0.2, 0.25) is 0 Å². The molecule has 0 unspecified atom stereocenters. The molecular formula is C33H25N3O3S. The molecule has 1 saturated heterocycles. The molecule has 40 heavy (non-hydrogen) atoms. The van der Waals surface area contributed by atoms with Gasteiger partial charge in [0.1, 0.15) is 11.1 Å². The molecule has 6 nitrogen and oxygen atoms in total. The number of aromatic nitrogens is 2. The zero-order chi connectivity index (χ0) is 27.3. The molecule has 0 bridgehead atoms. The molecule has 4 heterocycles. The van der Waals surface area contributed by atoms with E-state index in [0.717, 1.165) is 16.8 Å². The Labute approximate surface area is 236 Å². The summed E-state index contributed by atoms with van der Waals surface area (Å²) in [6, 6.07) is 30.5. The summed E-state index contributed by atoms with van der Waals surface area (Å²) < 4.78 is 6.22. The number of rotatable bonds is 7. The van der Waals surface area contributed by atoms with Crippen molar-refractivity contribution in [3.05, 3.63) is 155 Å². The zero-order valence-electron chi connectivity index (χ0n) is 21.5. The van der Waals surface area contributed by atoms with Crippen LogP contribution in [0.4, 0.5) is 0 Å². The van der Waals surface area contributed by atoms with E-state index in [1.807, 2.05) is 109 Å². The Morgan fingerprint density at radius 2 is 1.43 bits per heavy atom. The molecule has 1 amide bonds. The first kappa shape index (κ1) is 25.5. The smallest absolute Gasteiger partial charge is 0.356 e. The number of pyridine rings is 2. The summed E-state index contributed by atoms with van der Waals surface area (Å²) in [7, 11) is 0. The lowest BCUT2D eigenvalue weighted by Gasteiger charge is -2.46. The first-order chi connectivity index (χ1) is 19.7. The van der Waals surface area contributed by atoms with Gasteiger partial charge in [0.2, 0.25) is 0 Å².